The minimum atomic E-state index is -3.60. The Bertz CT molecular complexity index is 958. The minimum absolute atomic E-state index is 0.00823. The van der Waals surface area contributed by atoms with Crippen LogP contribution < -0.4 is 10.0 Å². The molecule has 2 N–H and O–H groups in total. The van der Waals surface area contributed by atoms with E-state index in [4.69, 9.17) is 5.26 Å². The molecule has 3 rings (SSSR count). The van der Waals surface area contributed by atoms with Crippen molar-refractivity contribution in [2.24, 2.45) is 0 Å². The van der Waals surface area contributed by atoms with Crippen LogP contribution in [0.15, 0.2) is 53.4 Å². The maximum absolute atomic E-state index is 12.5. The monoisotopic (exact) mass is 369 g/mol. The number of hydrogen-bond acceptors (Lipinski definition) is 4. The molecule has 26 heavy (non-hydrogen) atoms. The summed E-state index contributed by atoms with van der Waals surface area (Å²) in [4.78, 5) is 12.6. The van der Waals surface area contributed by atoms with Crippen molar-refractivity contribution in [1.82, 2.24) is 10.0 Å². The summed E-state index contributed by atoms with van der Waals surface area (Å²) >= 11 is 0. The molecule has 0 aliphatic heterocycles. The van der Waals surface area contributed by atoms with Gasteiger partial charge in [-0.3, -0.25) is 4.79 Å². The van der Waals surface area contributed by atoms with Gasteiger partial charge in [0.2, 0.25) is 10.0 Å². The van der Waals surface area contributed by atoms with Crippen LogP contribution in [0.4, 0.5) is 0 Å². The molecule has 6 nitrogen and oxygen atoms in total. The van der Waals surface area contributed by atoms with Gasteiger partial charge >= 0.3 is 0 Å². The van der Waals surface area contributed by atoms with Crippen molar-refractivity contribution in [3.63, 3.8) is 0 Å². The molecule has 0 heterocycles. The molecule has 1 fully saturated rings. The first-order valence-corrected chi connectivity index (χ1v) is 9.81. The van der Waals surface area contributed by atoms with Gasteiger partial charge in [0.05, 0.1) is 22.6 Å². The fourth-order valence-corrected chi connectivity index (χ4v) is 3.85. The van der Waals surface area contributed by atoms with E-state index in [2.05, 4.69) is 10.0 Å². The fraction of sp³-hybridized carbons (Fsp3) is 0.263. The van der Waals surface area contributed by atoms with E-state index >= 15 is 0 Å². The lowest BCUT2D eigenvalue weighted by molar-refractivity contribution is 0.0939. The molecule has 134 valence electrons. The summed E-state index contributed by atoms with van der Waals surface area (Å²) in [5.74, 6) is -0.356. The Labute approximate surface area is 152 Å². The summed E-state index contributed by atoms with van der Waals surface area (Å²) in [6.07, 6.45) is 1.70. The van der Waals surface area contributed by atoms with Crippen LogP contribution in [0.25, 0.3) is 0 Å². The fourth-order valence-electron chi connectivity index (χ4n) is 2.50. The minimum Gasteiger partial charge on any atom is -0.346 e. The molecule has 2 aromatic rings. The maximum atomic E-state index is 12.5. The summed E-state index contributed by atoms with van der Waals surface area (Å²) in [5, 5.41) is 11.7. The van der Waals surface area contributed by atoms with Crippen LogP contribution in [0.2, 0.25) is 0 Å². The van der Waals surface area contributed by atoms with E-state index in [1.165, 1.54) is 12.1 Å². The molecule has 7 heteroatoms. The quantitative estimate of drug-likeness (QED) is 0.817. The lowest BCUT2D eigenvalue weighted by Gasteiger charge is -2.15. The highest BCUT2D eigenvalue weighted by Crippen LogP contribution is 2.22. The second-order valence-electron chi connectivity index (χ2n) is 6.35. The van der Waals surface area contributed by atoms with Crippen molar-refractivity contribution >= 4 is 15.9 Å². The van der Waals surface area contributed by atoms with Crippen LogP contribution in [-0.4, -0.2) is 20.4 Å². The van der Waals surface area contributed by atoms with Crippen LogP contribution in [0.3, 0.4) is 0 Å². The van der Waals surface area contributed by atoms with Crippen molar-refractivity contribution in [2.45, 2.75) is 36.7 Å². The molecule has 1 amide bonds. The van der Waals surface area contributed by atoms with Gasteiger partial charge in [0.15, 0.2) is 0 Å². The van der Waals surface area contributed by atoms with Crippen LogP contribution >= 0.6 is 0 Å². The van der Waals surface area contributed by atoms with Crippen LogP contribution in [0.1, 0.15) is 47.3 Å². The van der Waals surface area contributed by atoms with Gasteiger partial charge in [-0.1, -0.05) is 18.2 Å². The Balaban J connectivity index is 1.73. The summed E-state index contributed by atoms with van der Waals surface area (Å²) < 4.78 is 27.2. The standard InChI is InChI=1S/C19H19N3O3S/c1-13(15-7-5-14(12-20)6-8-15)21-19(23)16-3-2-4-18(11-16)26(24,25)22-17-9-10-17/h2-8,11,13,17,22H,9-10H2,1H3,(H,21,23). The molecular weight excluding hydrogens is 350 g/mol. The Kier molecular flexibility index (Phi) is 5.07. The number of nitrogens with one attached hydrogen (secondary N) is 2. The molecule has 1 unspecified atom stereocenters. The Morgan fingerprint density at radius 2 is 1.88 bits per heavy atom. The molecule has 0 spiro atoms. The number of sulfonamides is 1. The van der Waals surface area contributed by atoms with E-state index in [0.717, 1.165) is 18.4 Å². The third-order valence-corrected chi connectivity index (χ3v) is 5.71. The molecule has 1 aliphatic carbocycles. The molecule has 0 saturated heterocycles. The van der Waals surface area contributed by atoms with Gasteiger partial charge in [-0.05, 0) is 55.7 Å². The van der Waals surface area contributed by atoms with E-state index in [9.17, 15) is 13.2 Å². The summed E-state index contributed by atoms with van der Waals surface area (Å²) in [6.45, 7) is 1.83. The van der Waals surface area contributed by atoms with E-state index in [-0.39, 0.29) is 28.4 Å². The van der Waals surface area contributed by atoms with Crippen molar-refractivity contribution in [1.29, 1.82) is 5.26 Å². The number of hydrogen-bond donors (Lipinski definition) is 2. The van der Waals surface area contributed by atoms with Gasteiger partial charge < -0.3 is 5.32 Å². The predicted octanol–water partition coefficient (Wildman–Crippen LogP) is 2.49. The van der Waals surface area contributed by atoms with Crippen molar-refractivity contribution in [2.75, 3.05) is 0 Å². The average Bonchev–Trinajstić information content (AvgIpc) is 3.45. The third-order valence-electron chi connectivity index (χ3n) is 4.19. The van der Waals surface area contributed by atoms with Crippen LogP contribution in [-0.2, 0) is 10.0 Å². The zero-order valence-corrected chi connectivity index (χ0v) is 15.1. The van der Waals surface area contributed by atoms with Gasteiger partial charge in [0.25, 0.3) is 5.91 Å². The number of rotatable bonds is 6. The first kappa shape index (κ1) is 18.1. The molecule has 1 aliphatic rings. The van der Waals surface area contributed by atoms with E-state index in [0.29, 0.717) is 5.56 Å². The Morgan fingerprint density at radius 1 is 1.19 bits per heavy atom. The molecule has 0 bridgehead atoms. The maximum Gasteiger partial charge on any atom is 0.251 e. The van der Waals surface area contributed by atoms with E-state index in [1.54, 1.807) is 36.4 Å². The first-order chi connectivity index (χ1) is 12.4. The summed E-state index contributed by atoms with van der Waals surface area (Å²) in [6, 6.07) is 14.7. The zero-order chi connectivity index (χ0) is 18.7. The molecule has 0 radical (unpaired) electrons. The largest absolute Gasteiger partial charge is 0.346 e. The normalized spacial score (nSPS) is 15.1. The van der Waals surface area contributed by atoms with Gasteiger partial charge in [-0.2, -0.15) is 5.26 Å². The highest BCUT2D eigenvalue weighted by Gasteiger charge is 2.28. The van der Waals surface area contributed by atoms with E-state index in [1.807, 2.05) is 13.0 Å². The molecule has 1 atom stereocenters. The number of carbonyl (C=O) groups is 1. The molecule has 0 aromatic heterocycles. The van der Waals surface area contributed by atoms with E-state index < -0.39 is 10.0 Å². The molecule has 2 aromatic carbocycles. The SMILES string of the molecule is CC(NC(=O)c1cccc(S(=O)(=O)NC2CC2)c1)c1ccc(C#N)cc1. The lowest BCUT2D eigenvalue weighted by atomic mass is 10.1. The smallest absolute Gasteiger partial charge is 0.251 e. The second kappa shape index (κ2) is 7.28. The average molecular weight is 369 g/mol. The summed E-state index contributed by atoms with van der Waals surface area (Å²) in [5.41, 5.74) is 1.69. The number of carbonyl (C=O) groups excluding carboxylic acids is 1. The molecule has 1 saturated carbocycles. The lowest BCUT2D eigenvalue weighted by Crippen LogP contribution is -2.28. The number of nitriles is 1. The topological polar surface area (TPSA) is 99.1 Å². The Hall–Kier alpha value is -2.69. The number of nitrogens with zero attached hydrogens (tertiary/aromatic N) is 1. The third kappa shape index (κ3) is 4.28. The number of amides is 1. The predicted molar refractivity (Wildman–Crippen MR) is 96.8 cm³/mol. The summed E-state index contributed by atoms with van der Waals surface area (Å²) in [7, 11) is -3.60. The van der Waals surface area contributed by atoms with Crippen LogP contribution in [0.5, 0.6) is 0 Å². The van der Waals surface area contributed by atoms with Crippen LogP contribution in [0, 0.1) is 11.3 Å². The van der Waals surface area contributed by atoms with Gasteiger partial charge in [-0.15, -0.1) is 0 Å². The Morgan fingerprint density at radius 3 is 2.50 bits per heavy atom. The van der Waals surface area contributed by atoms with Crippen molar-refractivity contribution < 1.29 is 13.2 Å². The zero-order valence-electron chi connectivity index (χ0n) is 14.3. The highest BCUT2D eigenvalue weighted by atomic mass is 32.2. The second-order valence-corrected chi connectivity index (χ2v) is 8.07. The number of benzene rings is 2. The van der Waals surface area contributed by atoms with Gasteiger partial charge in [-0.25, -0.2) is 13.1 Å². The highest BCUT2D eigenvalue weighted by molar-refractivity contribution is 7.89. The first-order valence-electron chi connectivity index (χ1n) is 8.32. The van der Waals surface area contributed by atoms with Gasteiger partial charge in [0, 0.05) is 11.6 Å². The molecular formula is C19H19N3O3S. The van der Waals surface area contributed by atoms with Gasteiger partial charge in [0.1, 0.15) is 0 Å². The van der Waals surface area contributed by atoms with Crippen molar-refractivity contribution in [3.8, 4) is 6.07 Å². The van der Waals surface area contributed by atoms with Crippen molar-refractivity contribution in [3.05, 3.63) is 65.2 Å².